The summed E-state index contributed by atoms with van der Waals surface area (Å²) < 4.78 is 3.51. The standard InChI is InChI=1S/C13H10N4O2S/c18-11(19)7-16-8-14-12-10(13(16)20)6-17(15-12)9-4-2-1-3-5-9/h1-6,8H,7H2,(H,18,19). The summed E-state index contributed by atoms with van der Waals surface area (Å²) in [6.45, 7) is -0.210. The van der Waals surface area contributed by atoms with Crippen LogP contribution in [0.2, 0.25) is 0 Å². The van der Waals surface area contributed by atoms with Crippen LogP contribution in [0.3, 0.4) is 0 Å². The first-order valence-corrected chi connectivity index (χ1v) is 6.28. The van der Waals surface area contributed by atoms with Gasteiger partial charge in [-0.05, 0) is 12.1 Å². The minimum atomic E-state index is -0.960. The van der Waals surface area contributed by atoms with Gasteiger partial charge in [0.2, 0.25) is 0 Å². The Hall–Kier alpha value is -2.54. The Kier molecular flexibility index (Phi) is 3.03. The highest BCUT2D eigenvalue weighted by Crippen LogP contribution is 2.15. The molecule has 0 atom stereocenters. The van der Waals surface area contributed by atoms with E-state index >= 15 is 0 Å². The molecule has 0 spiro atoms. The first kappa shape index (κ1) is 12.5. The van der Waals surface area contributed by atoms with Crippen molar-refractivity contribution in [1.29, 1.82) is 0 Å². The predicted octanol–water partition coefficient (Wildman–Crippen LogP) is 2.04. The van der Waals surface area contributed by atoms with E-state index in [1.54, 1.807) is 10.9 Å². The highest BCUT2D eigenvalue weighted by molar-refractivity contribution is 7.71. The van der Waals surface area contributed by atoms with Gasteiger partial charge < -0.3 is 9.67 Å². The van der Waals surface area contributed by atoms with Gasteiger partial charge in [-0.2, -0.15) is 0 Å². The highest BCUT2D eigenvalue weighted by Gasteiger charge is 2.08. The van der Waals surface area contributed by atoms with Crippen molar-refractivity contribution in [3.8, 4) is 5.69 Å². The molecule has 7 heteroatoms. The molecule has 6 nitrogen and oxygen atoms in total. The van der Waals surface area contributed by atoms with E-state index in [2.05, 4.69) is 10.1 Å². The van der Waals surface area contributed by atoms with Crippen LogP contribution in [-0.4, -0.2) is 30.4 Å². The zero-order valence-electron chi connectivity index (χ0n) is 10.3. The smallest absolute Gasteiger partial charge is 0.323 e. The van der Waals surface area contributed by atoms with Crippen molar-refractivity contribution in [2.45, 2.75) is 6.54 Å². The second-order valence-corrected chi connectivity index (χ2v) is 4.60. The number of rotatable bonds is 3. The van der Waals surface area contributed by atoms with Gasteiger partial charge in [-0.1, -0.05) is 30.4 Å². The van der Waals surface area contributed by atoms with Crippen LogP contribution in [0.1, 0.15) is 0 Å². The van der Waals surface area contributed by atoms with E-state index in [1.165, 1.54) is 10.9 Å². The largest absolute Gasteiger partial charge is 0.480 e. The number of para-hydroxylation sites is 1. The zero-order valence-corrected chi connectivity index (χ0v) is 11.1. The molecule has 3 rings (SSSR count). The number of hydrogen-bond acceptors (Lipinski definition) is 4. The van der Waals surface area contributed by atoms with Gasteiger partial charge in [0.1, 0.15) is 11.2 Å². The van der Waals surface area contributed by atoms with Crippen molar-refractivity contribution in [2.24, 2.45) is 0 Å². The lowest BCUT2D eigenvalue weighted by molar-refractivity contribution is -0.137. The lowest BCUT2D eigenvalue weighted by Gasteiger charge is -2.01. The van der Waals surface area contributed by atoms with Crippen LogP contribution in [0.25, 0.3) is 16.7 Å². The molecule has 20 heavy (non-hydrogen) atoms. The molecule has 0 unspecified atom stereocenters. The monoisotopic (exact) mass is 286 g/mol. The third-order valence-electron chi connectivity index (χ3n) is 2.83. The van der Waals surface area contributed by atoms with Gasteiger partial charge in [-0.25, -0.2) is 9.67 Å². The van der Waals surface area contributed by atoms with E-state index in [1.807, 2.05) is 30.3 Å². The maximum absolute atomic E-state index is 10.8. The fourth-order valence-electron chi connectivity index (χ4n) is 1.91. The minimum absolute atomic E-state index is 0.210. The van der Waals surface area contributed by atoms with Crippen LogP contribution in [0.5, 0.6) is 0 Å². The van der Waals surface area contributed by atoms with Gasteiger partial charge in [0.25, 0.3) is 0 Å². The van der Waals surface area contributed by atoms with Crippen molar-refractivity contribution < 1.29 is 9.90 Å². The number of aromatic nitrogens is 4. The average Bonchev–Trinajstić information content (AvgIpc) is 2.87. The van der Waals surface area contributed by atoms with Crippen LogP contribution in [-0.2, 0) is 11.3 Å². The summed E-state index contributed by atoms with van der Waals surface area (Å²) in [6.07, 6.45) is 3.17. The maximum Gasteiger partial charge on any atom is 0.323 e. The summed E-state index contributed by atoms with van der Waals surface area (Å²) in [5.41, 5.74) is 1.39. The van der Waals surface area contributed by atoms with Crippen LogP contribution in [0.4, 0.5) is 0 Å². The lowest BCUT2D eigenvalue weighted by Crippen LogP contribution is -2.10. The van der Waals surface area contributed by atoms with E-state index in [0.717, 1.165) is 5.69 Å². The number of carboxylic acid groups (broad SMARTS) is 1. The number of nitrogens with zero attached hydrogens (tertiary/aromatic N) is 4. The van der Waals surface area contributed by atoms with E-state index in [0.29, 0.717) is 15.7 Å². The van der Waals surface area contributed by atoms with E-state index < -0.39 is 5.97 Å². The minimum Gasteiger partial charge on any atom is -0.480 e. The number of carbonyl (C=O) groups is 1. The Balaban J connectivity index is 2.15. The number of fused-ring (bicyclic) bond motifs is 1. The topological polar surface area (TPSA) is 72.9 Å². The summed E-state index contributed by atoms with van der Waals surface area (Å²) in [5, 5.41) is 13.8. The SMILES string of the molecule is O=C(O)Cn1cnc2nn(-c3ccccc3)cc2c1=S. The molecule has 0 saturated carbocycles. The maximum atomic E-state index is 10.8. The summed E-state index contributed by atoms with van der Waals surface area (Å²) in [7, 11) is 0. The Bertz CT molecular complexity index is 838. The molecule has 2 heterocycles. The van der Waals surface area contributed by atoms with Crippen LogP contribution in [0, 0.1) is 4.64 Å². The van der Waals surface area contributed by atoms with Gasteiger partial charge in [0.15, 0.2) is 5.65 Å². The van der Waals surface area contributed by atoms with Crippen molar-refractivity contribution in [3.63, 3.8) is 0 Å². The molecule has 0 aliphatic heterocycles. The summed E-state index contributed by atoms with van der Waals surface area (Å²) in [6, 6.07) is 9.58. The number of hydrogen-bond donors (Lipinski definition) is 1. The number of carboxylic acids is 1. The molecule has 0 amide bonds. The summed E-state index contributed by atoms with van der Waals surface area (Å²) in [5.74, 6) is -0.960. The second kappa shape index (κ2) is 4.86. The fraction of sp³-hybridized carbons (Fsp3) is 0.0769. The quantitative estimate of drug-likeness (QED) is 0.746. The molecule has 0 aliphatic carbocycles. The van der Waals surface area contributed by atoms with Crippen molar-refractivity contribution >= 4 is 29.2 Å². The zero-order chi connectivity index (χ0) is 14.1. The van der Waals surface area contributed by atoms with Crippen LogP contribution >= 0.6 is 12.2 Å². The molecular weight excluding hydrogens is 276 g/mol. The first-order valence-electron chi connectivity index (χ1n) is 5.87. The fourth-order valence-corrected chi connectivity index (χ4v) is 2.17. The molecule has 0 saturated heterocycles. The second-order valence-electron chi connectivity index (χ2n) is 4.22. The lowest BCUT2D eigenvalue weighted by atomic mass is 10.3. The third-order valence-corrected chi connectivity index (χ3v) is 3.29. The Morgan fingerprint density at radius 2 is 2.05 bits per heavy atom. The van der Waals surface area contributed by atoms with E-state index in [-0.39, 0.29) is 6.54 Å². The van der Waals surface area contributed by atoms with Crippen molar-refractivity contribution in [1.82, 2.24) is 19.3 Å². The summed E-state index contributed by atoms with van der Waals surface area (Å²) in [4.78, 5) is 14.9. The first-order chi connectivity index (χ1) is 9.65. The van der Waals surface area contributed by atoms with E-state index in [4.69, 9.17) is 17.3 Å². The van der Waals surface area contributed by atoms with Gasteiger partial charge in [0, 0.05) is 6.20 Å². The molecule has 0 aliphatic rings. The predicted molar refractivity (Wildman–Crippen MR) is 75.3 cm³/mol. The molecule has 1 aromatic carbocycles. The molecule has 1 N–H and O–H groups in total. The van der Waals surface area contributed by atoms with Crippen molar-refractivity contribution in [3.05, 3.63) is 47.5 Å². The Morgan fingerprint density at radius 3 is 2.75 bits per heavy atom. The molecular formula is C13H10N4O2S. The molecule has 0 radical (unpaired) electrons. The average molecular weight is 286 g/mol. The van der Waals surface area contributed by atoms with Crippen LogP contribution in [0.15, 0.2) is 42.9 Å². The van der Waals surface area contributed by atoms with Gasteiger partial charge in [-0.3, -0.25) is 4.79 Å². The summed E-state index contributed by atoms with van der Waals surface area (Å²) >= 11 is 5.28. The Labute approximate surface area is 118 Å². The highest BCUT2D eigenvalue weighted by atomic mass is 32.1. The normalized spacial score (nSPS) is 10.8. The third kappa shape index (κ3) is 2.19. The molecule has 0 fully saturated rings. The van der Waals surface area contributed by atoms with Gasteiger partial charge in [-0.15, -0.1) is 5.10 Å². The van der Waals surface area contributed by atoms with E-state index in [9.17, 15) is 4.79 Å². The molecule has 3 aromatic rings. The molecule has 100 valence electrons. The number of aliphatic carboxylic acids is 1. The van der Waals surface area contributed by atoms with Gasteiger partial charge in [0.05, 0.1) is 17.4 Å². The van der Waals surface area contributed by atoms with Gasteiger partial charge >= 0.3 is 5.97 Å². The van der Waals surface area contributed by atoms with Crippen molar-refractivity contribution in [2.75, 3.05) is 0 Å². The molecule has 0 bridgehead atoms. The Morgan fingerprint density at radius 1 is 1.30 bits per heavy atom. The molecule has 2 aromatic heterocycles. The number of benzene rings is 1. The van der Waals surface area contributed by atoms with Crippen LogP contribution < -0.4 is 0 Å².